The molecule has 3 aromatic rings. The number of alkyl halides is 4. The molecule has 12 heteroatoms. The summed E-state index contributed by atoms with van der Waals surface area (Å²) in [4.78, 5) is 38.2. The van der Waals surface area contributed by atoms with E-state index in [0.717, 1.165) is 25.0 Å². The molecule has 2 N–H and O–H groups in total. The minimum atomic E-state index is -4.58. The fraction of sp³-hybridized carbons (Fsp3) is 0.481. The second-order valence-corrected chi connectivity index (χ2v) is 10.1. The van der Waals surface area contributed by atoms with Gasteiger partial charge in [-0.1, -0.05) is 6.92 Å². The molecule has 0 spiro atoms. The van der Waals surface area contributed by atoms with Gasteiger partial charge in [-0.05, 0) is 50.3 Å². The Balaban J connectivity index is 1.47. The largest absolute Gasteiger partial charge is 0.493 e. The SMILES string of the molecule is CCC(=O)N1CC[C@@H](NC(=O)c2c(C)[nH]c3c(-c4cc(C(F)(F)F)ccc4OCC4CC4)ncnc23)[C@H](F)C1. The van der Waals surface area contributed by atoms with Crippen molar-refractivity contribution in [3.8, 4) is 17.0 Å². The van der Waals surface area contributed by atoms with Crippen molar-refractivity contribution in [2.75, 3.05) is 19.7 Å². The van der Waals surface area contributed by atoms with Gasteiger partial charge in [-0.3, -0.25) is 9.59 Å². The topological polar surface area (TPSA) is 100 Å². The Hall–Kier alpha value is -3.70. The van der Waals surface area contributed by atoms with E-state index in [1.807, 2.05) is 0 Å². The Kier molecular flexibility index (Phi) is 7.21. The number of amides is 2. The number of hydrogen-bond acceptors (Lipinski definition) is 5. The van der Waals surface area contributed by atoms with Crippen molar-refractivity contribution in [3.63, 3.8) is 0 Å². The number of rotatable bonds is 7. The zero-order valence-corrected chi connectivity index (χ0v) is 21.6. The maximum Gasteiger partial charge on any atom is 0.416 e. The molecule has 0 unspecified atom stereocenters. The average molecular weight is 548 g/mol. The monoisotopic (exact) mass is 547 g/mol. The van der Waals surface area contributed by atoms with Gasteiger partial charge in [-0.15, -0.1) is 0 Å². The van der Waals surface area contributed by atoms with E-state index in [1.54, 1.807) is 13.8 Å². The van der Waals surface area contributed by atoms with Crippen LogP contribution >= 0.6 is 0 Å². The Morgan fingerprint density at radius 3 is 2.64 bits per heavy atom. The molecule has 2 amide bonds. The second kappa shape index (κ2) is 10.5. The van der Waals surface area contributed by atoms with Crippen LogP contribution in [0, 0.1) is 12.8 Å². The number of nitrogens with one attached hydrogen (secondary N) is 2. The van der Waals surface area contributed by atoms with Crippen molar-refractivity contribution in [3.05, 3.63) is 41.3 Å². The number of fused-ring (bicyclic) bond motifs is 1. The Morgan fingerprint density at radius 2 is 1.97 bits per heavy atom. The van der Waals surface area contributed by atoms with Gasteiger partial charge in [0.2, 0.25) is 5.91 Å². The van der Waals surface area contributed by atoms with Crippen molar-refractivity contribution in [2.45, 2.75) is 57.9 Å². The van der Waals surface area contributed by atoms with Gasteiger partial charge in [0.25, 0.3) is 5.91 Å². The van der Waals surface area contributed by atoms with Gasteiger partial charge >= 0.3 is 6.18 Å². The average Bonchev–Trinajstić information content (AvgIpc) is 3.67. The van der Waals surface area contributed by atoms with Crippen LogP contribution in [0.15, 0.2) is 24.5 Å². The molecule has 0 radical (unpaired) electrons. The van der Waals surface area contributed by atoms with Crippen LogP contribution in [-0.2, 0) is 11.0 Å². The van der Waals surface area contributed by atoms with E-state index in [2.05, 4.69) is 20.3 Å². The standard InChI is InChI=1S/C27H29F4N5O3/c1-3-21(37)36-9-8-19(18(28)11-36)35-26(38)22-14(2)34-25-23(32-13-33-24(22)25)17-10-16(27(29,30)31)6-7-20(17)39-12-15-4-5-15/h6-7,10,13,15,18-19,34H,3-5,8-9,11-12H2,1-2H3,(H,35,38)/t18-,19-/m1/s1. The number of H-pyrrole nitrogens is 1. The highest BCUT2D eigenvalue weighted by molar-refractivity contribution is 6.09. The highest BCUT2D eigenvalue weighted by atomic mass is 19.4. The third-order valence-electron chi connectivity index (χ3n) is 7.25. The molecule has 2 fully saturated rings. The number of nitrogens with zero attached hydrogens (tertiary/aromatic N) is 3. The van der Waals surface area contributed by atoms with Crippen LogP contribution in [0.25, 0.3) is 22.3 Å². The number of ether oxygens (including phenoxy) is 1. The first-order valence-electron chi connectivity index (χ1n) is 13.0. The number of likely N-dealkylation sites (tertiary alicyclic amines) is 1. The van der Waals surface area contributed by atoms with Gasteiger partial charge in [0.05, 0.1) is 35.8 Å². The lowest BCUT2D eigenvalue weighted by molar-refractivity contribution is -0.137. The summed E-state index contributed by atoms with van der Waals surface area (Å²) < 4.78 is 61.5. The number of aryl methyl sites for hydroxylation is 1. The third kappa shape index (κ3) is 5.55. The molecular formula is C27H29F4N5O3. The molecule has 0 bridgehead atoms. The van der Waals surface area contributed by atoms with Crippen molar-refractivity contribution >= 4 is 22.8 Å². The molecule has 2 aliphatic rings. The smallest absolute Gasteiger partial charge is 0.416 e. The van der Waals surface area contributed by atoms with Crippen LogP contribution in [0.1, 0.15) is 54.2 Å². The zero-order valence-electron chi connectivity index (χ0n) is 21.6. The number of halogens is 4. The number of benzene rings is 1. The van der Waals surface area contributed by atoms with Crippen molar-refractivity contribution in [2.24, 2.45) is 5.92 Å². The summed E-state index contributed by atoms with van der Waals surface area (Å²) in [5.41, 5.74) is 0.472. The zero-order chi connectivity index (χ0) is 27.9. The van der Waals surface area contributed by atoms with Crippen molar-refractivity contribution < 1.29 is 31.9 Å². The molecule has 3 heterocycles. The molecule has 2 atom stereocenters. The van der Waals surface area contributed by atoms with E-state index in [-0.39, 0.29) is 58.9 Å². The third-order valence-corrected chi connectivity index (χ3v) is 7.25. The van der Waals surface area contributed by atoms with E-state index in [9.17, 15) is 27.2 Å². The molecule has 5 rings (SSSR count). The van der Waals surface area contributed by atoms with Crippen molar-refractivity contribution in [1.82, 2.24) is 25.2 Å². The molecule has 208 valence electrons. The second-order valence-electron chi connectivity index (χ2n) is 10.1. The molecule has 1 saturated carbocycles. The molecule has 1 aliphatic carbocycles. The quantitative estimate of drug-likeness (QED) is 0.413. The lowest BCUT2D eigenvalue weighted by Crippen LogP contribution is -2.53. The van der Waals surface area contributed by atoms with Crippen LogP contribution in [0.4, 0.5) is 17.6 Å². The van der Waals surface area contributed by atoms with Crippen LogP contribution in [-0.4, -0.2) is 63.6 Å². The summed E-state index contributed by atoms with van der Waals surface area (Å²) in [5.74, 6) is -0.0866. The first-order chi connectivity index (χ1) is 18.6. The number of piperidine rings is 1. The Bertz CT molecular complexity index is 1400. The van der Waals surface area contributed by atoms with E-state index < -0.39 is 29.9 Å². The number of aromatic amines is 1. The van der Waals surface area contributed by atoms with Crippen LogP contribution in [0.2, 0.25) is 0 Å². The number of carbonyl (C=O) groups is 2. The predicted molar refractivity (Wildman–Crippen MR) is 135 cm³/mol. The lowest BCUT2D eigenvalue weighted by Gasteiger charge is -2.35. The molecule has 8 nitrogen and oxygen atoms in total. The highest BCUT2D eigenvalue weighted by Gasteiger charge is 2.34. The normalized spacial score (nSPS) is 19.8. The first-order valence-corrected chi connectivity index (χ1v) is 13.0. The maximum atomic E-state index is 14.9. The molecule has 1 saturated heterocycles. The van der Waals surface area contributed by atoms with E-state index in [4.69, 9.17) is 4.74 Å². The van der Waals surface area contributed by atoms with Crippen molar-refractivity contribution in [1.29, 1.82) is 0 Å². The molecule has 39 heavy (non-hydrogen) atoms. The van der Waals surface area contributed by atoms with E-state index in [1.165, 1.54) is 17.3 Å². The summed E-state index contributed by atoms with van der Waals surface area (Å²) in [6.45, 7) is 3.96. The van der Waals surface area contributed by atoms with Gasteiger partial charge in [0.15, 0.2) is 0 Å². The lowest BCUT2D eigenvalue weighted by atomic mass is 10.0. The van der Waals surface area contributed by atoms with E-state index in [0.29, 0.717) is 24.8 Å². The molecule has 2 aromatic heterocycles. The van der Waals surface area contributed by atoms with Gasteiger partial charge in [0, 0.05) is 24.2 Å². The minimum absolute atomic E-state index is 0.101. The summed E-state index contributed by atoms with van der Waals surface area (Å²) in [7, 11) is 0. The Morgan fingerprint density at radius 1 is 1.21 bits per heavy atom. The summed E-state index contributed by atoms with van der Waals surface area (Å²) in [5, 5.41) is 2.72. The fourth-order valence-electron chi connectivity index (χ4n) is 4.87. The van der Waals surface area contributed by atoms with Crippen LogP contribution in [0.3, 0.4) is 0 Å². The summed E-state index contributed by atoms with van der Waals surface area (Å²) in [6.07, 6.45) is -2.28. The molecule has 1 aliphatic heterocycles. The predicted octanol–water partition coefficient (Wildman–Crippen LogP) is 4.82. The van der Waals surface area contributed by atoms with Gasteiger partial charge in [0.1, 0.15) is 29.5 Å². The number of hydrogen-bond donors (Lipinski definition) is 2. The van der Waals surface area contributed by atoms with Gasteiger partial charge in [-0.2, -0.15) is 13.2 Å². The Labute approximate surface area is 222 Å². The van der Waals surface area contributed by atoms with Crippen LogP contribution < -0.4 is 10.1 Å². The van der Waals surface area contributed by atoms with Gasteiger partial charge < -0.3 is 19.9 Å². The molecular weight excluding hydrogens is 518 g/mol. The first kappa shape index (κ1) is 26.9. The number of aromatic nitrogens is 3. The molecule has 1 aromatic carbocycles. The fourth-order valence-corrected chi connectivity index (χ4v) is 4.87. The maximum absolute atomic E-state index is 14.9. The minimum Gasteiger partial charge on any atom is -0.493 e. The summed E-state index contributed by atoms with van der Waals surface area (Å²) in [6, 6.07) is 2.44. The van der Waals surface area contributed by atoms with Crippen LogP contribution in [0.5, 0.6) is 5.75 Å². The number of carbonyl (C=O) groups excluding carboxylic acids is 2. The van der Waals surface area contributed by atoms with E-state index >= 15 is 0 Å². The summed E-state index contributed by atoms with van der Waals surface area (Å²) >= 11 is 0. The van der Waals surface area contributed by atoms with Gasteiger partial charge in [-0.25, -0.2) is 14.4 Å². The highest BCUT2D eigenvalue weighted by Crippen LogP contribution is 2.40.